The van der Waals surface area contributed by atoms with Gasteiger partial charge in [-0.1, -0.05) is 65.8 Å². The molecule has 550 valence electrons. The Morgan fingerprint density at radius 3 is 1.53 bits per heavy atom. The van der Waals surface area contributed by atoms with E-state index in [0.29, 0.717) is 115 Å². The summed E-state index contributed by atoms with van der Waals surface area (Å²) >= 11 is 0. The third kappa shape index (κ3) is 15.6. The van der Waals surface area contributed by atoms with Crippen molar-refractivity contribution in [3.05, 3.63) is 36.4 Å². The molecule has 8 aliphatic rings. The smallest absolute Gasteiger partial charge is 0.407 e. The largest absolute Gasteiger partial charge is 0.446 e. The van der Waals surface area contributed by atoms with Gasteiger partial charge in [0.15, 0.2) is 0 Å². The minimum atomic E-state index is -4.14. The van der Waals surface area contributed by atoms with Crippen LogP contribution in [0.1, 0.15) is 176 Å². The molecule has 0 unspecified atom stereocenters. The lowest BCUT2D eigenvalue weighted by Gasteiger charge is -2.63. The number of fused-ring (bicyclic) bond motifs is 11. The predicted molar refractivity (Wildman–Crippen MR) is 373 cm³/mol. The first-order chi connectivity index (χ1) is 46.6. The number of hydrogen-bond acceptors (Lipinski definition) is 16. The maximum atomic E-state index is 14.2. The number of sulfonamides is 1. The summed E-state index contributed by atoms with van der Waals surface area (Å²) < 4.78 is 42.1. The molecule has 8 aliphatic carbocycles. The number of unbranched alkanes of at least 4 members (excludes halogenated alkanes) is 1. The Morgan fingerprint density at radius 1 is 0.571 bits per heavy atom. The van der Waals surface area contributed by atoms with E-state index in [1.165, 1.54) is 6.07 Å². The number of amides is 5. The number of aliphatic hydroxyl groups excluding tert-OH is 6. The van der Waals surface area contributed by atoms with Gasteiger partial charge in [0.2, 0.25) is 27.7 Å². The molecule has 11 N–H and O–H groups in total. The van der Waals surface area contributed by atoms with Gasteiger partial charge in [0.05, 0.1) is 49.1 Å². The highest BCUT2D eigenvalue weighted by molar-refractivity contribution is 7.89. The van der Waals surface area contributed by atoms with Crippen molar-refractivity contribution in [1.29, 1.82) is 0 Å². The van der Waals surface area contributed by atoms with Crippen LogP contribution in [0.25, 0.3) is 10.8 Å². The number of alkyl carbamates (subject to hydrolysis) is 2. The highest BCUT2D eigenvalue weighted by Crippen LogP contribution is 2.70. The van der Waals surface area contributed by atoms with Gasteiger partial charge in [-0.05, 0) is 227 Å². The normalized spacial score (nSPS) is 36.1. The van der Waals surface area contributed by atoms with E-state index in [2.05, 4.69) is 67.5 Å². The molecule has 98 heavy (non-hydrogen) atoms. The molecular weight excluding hydrogens is 1270 g/mol. The Labute approximate surface area is 582 Å². The molecule has 23 heteroatoms. The summed E-state index contributed by atoms with van der Waals surface area (Å²) in [5, 5.41) is 79.4. The maximum absolute atomic E-state index is 14.2. The molecule has 0 radical (unpaired) electrons. The third-order valence-electron chi connectivity index (χ3n) is 27.5. The molecule has 0 saturated heterocycles. The molecule has 0 heterocycles. The van der Waals surface area contributed by atoms with Gasteiger partial charge in [-0.15, -0.1) is 0 Å². The zero-order valence-corrected chi connectivity index (χ0v) is 60.5. The van der Waals surface area contributed by atoms with E-state index in [0.717, 1.165) is 49.6 Å². The van der Waals surface area contributed by atoms with E-state index in [1.807, 2.05) is 37.2 Å². The summed E-state index contributed by atoms with van der Waals surface area (Å²) in [4.78, 5) is 69.7. The van der Waals surface area contributed by atoms with Gasteiger partial charge in [-0.3, -0.25) is 14.4 Å². The standard InChI is InChI=1S/C75H119N7O15S/c1-45(53-20-22-55-68-57(42-63(87)74(53,55)5)72(3)28-26-49(38-47(72)40-60(68)85)96-70(92)78-32-36-83)18-24-65(89)76-30-9-10-34-82(67(91)44-80-98(94,95)62-17-12-14-51-52(62)15-11-16-59(51)81(7)8)35-13-31-77-66(90)25-19-46(2)54-21-23-56-69-58(43-64(88)75(54,56)6)73(4)29-27-50(39-48(73)41-61(69)86)97-71(93)79-33-37-84/h11-12,14-17,45-50,53-58,60-61,63-64,68-69,80,83-88H,9-10,13,18-44H2,1-8H3,(H,76,89)(H,77,90)(H,78,92)(H,79,93)/t45-,46-,47+,48+,49-,50-,53-,54-,55+,56+,57+,58+,60-,61-,63+,64+,68+,69+,72+,73+,74-,75-/m1/s1. The molecule has 0 aromatic heterocycles. The summed E-state index contributed by atoms with van der Waals surface area (Å²) in [6.07, 6.45) is 10.2. The summed E-state index contributed by atoms with van der Waals surface area (Å²) in [7, 11) is -0.357. The van der Waals surface area contributed by atoms with Gasteiger partial charge in [0, 0.05) is 82.7 Å². The number of ether oxygens (including phenoxy) is 2. The number of rotatable bonds is 28. The molecule has 22 atom stereocenters. The molecule has 0 aliphatic heterocycles. The van der Waals surface area contributed by atoms with Crippen LogP contribution in [-0.4, -0.2) is 184 Å². The summed E-state index contributed by atoms with van der Waals surface area (Å²) in [5.74, 6) is 0.955. The quantitative estimate of drug-likeness (QED) is 0.0365. The molecule has 2 aromatic carbocycles. The zero-order chi connectivity index (χ0) is 70.6. The van der Waals surface area contributed by atoms with Crippen molar-refractivity contribution in [2.75, 3.05) is 78.0 Å². The van der Waals surface area contributed by atoms with Crippen molar-refractivity contribution >= 4 is 56.4 Å². The van der Waals surface area contributed by atoms with Gasteiger partial charge in [0.1, 0.15) is 12.2 Å². The van der Waals surface area contributed by atoms with Gasteiger partial charge in [-0.25, -0.2) is 22.7 Å². The highest BCUT2D eigenvalue weighted by Gasteiger charge is 2.68. The fourth-order valence-corrected chi connectivity index (χ4v) is 23.4. The van der Waals surface area contributed by atoms with Crippen LogP contribution >= 0.6 is 0 Å². The molecule has 8 fully saturated rings. The molecule has 8 saturated carbocycles. The number of hydrogen-bond donors (Lipinski definition) is 11. The number of carbonyl (C=O) groups excluding carboxylic acids is 5. The molecular formula is C75H119N7O15S. The van der Waals surface area contributed by atoms with Crippen LogP contribution in [-0.2, 0) is 33.9 Å². The Kier molecular flexibility index (Phi) is 24.6. The van der Waals surface area contributed by atoms with Crippen molar-refractivity contribution in [1.82, 2.24) is 30.9 Å². The fraction of sp³-hybridized carbons (Fsp3) is 0.800. The van der Waals surface area contributed by atoms with Crippen molar-refractivity contribution in [2.45, 2.75) is 218 Å². The fourth-order valence-electron chi connectivity index (χ4n) is 22.2. The monoisotopic (exact) mass is 1390 g/mol. The third-order valence-corrected chi connectivity index (χ3v) is 28.9. The Hall–Kier alpha value is -4.88. The van der Waals surface area contributed by atoms with Crippen LogP contribution in [0.4, 0.5) is 15.3 Å². The average molecular weight is 1390 g/mol. The van der Waals surface area contributed by atoms with Gasteiger partial charge in [0.25, 0.3) is 0 Å². The van der Waals surface area contributed by atoms with Gasteiger partial charge in [-0.2, -0.15) is 0 Å². The molecule has 0 bridgehead atoms. The van der Waals surface area contributed by atoms with Crippen LogP contribution < -0.4 is 30.9 Å². The maximum Gasteiger partial charge on any atom is 0.407 e. The molecule has 2 aromatic rings. The lowest BCUT2D eigenvalue weighted by Crippen LogP contribution is -2.62. The zero-order valence-electron chi connectivity index (χ0n) is 59.7. The van der Waals surface area contributed by atoms with Crippen LogP contribution in [0.3, 0.4) is 0 Å². The summed E-state index contributed by atoms with van der Waals surface area (Å²) in [5.41, 5.74) is -0.191. The summed E-state index contributed by atoms with van der Waals surface area (Å²) in [6.45, 7) is 14.1. The van der Waals surface area contributed by atoms with Crippen molar-refractivity contribution < 1.29 is 72.5 Å². The number of benzene rings is 2. The second-order valence-electron chi connectivity index (χ2n) is 32.6. The summed E-state index contributed by atoms with van der Waals surface area (Å²) in [6, 6.07) is 10.6. The topological polar surface area (TPSA) is 326 Å². The van der Waals surface area contributed by atoms with Crippen LogP contribution in [0, 0.1) is 92.7 Å². The van der Waals surface area contributed by atoms with E-state index in [9.17, 15) is 52.8 Å². The van der Waals surface area contributed by atoms with Gasteiger partial charge < -0.3 is 71.2 Å². The van der Waals surface area contributed by atoms with Crippen molar-refractivity contribution in [3.8, 4) is 0 Å². The molecule has 5 amide bonds. The van der Waals surface area contributed by atoms with Crippen molar-refractivity contribution in [2.24, 2.45) is 92.7 Å². The predicted octanol–water partition coefficient (Wildman–Crippen LogP) is 7.62. The molecule has 22 nitrogen and oxygen atoms in total. The van der Waals surface area contributed by atoms with Crippen LogP contribution in [0.2, 0.25) is 0 Å². The molecule has 10 rings (SSSR count). The Balaban J connectivity index is 0.694. The highest BCUT2D eigenvalue weighted by atomic mass is 32.2. The SMILES string of the molecule is C[C@H](CCC(=O)NCCCCN(CCCNC(=O)CC[C@@H](C)[C@H]1CC[C@H]2[C@@H]3[C@H](O)C[C@@H]4C[C@H](OC(=O)NCCO)CC[C@]4(C)[C@H]3C[C@H](O)[C@]12C)C(=O)CNS(=O)(=O)c1cccc2c(N(C)C)cccc12)[C@H]1CC[C@H]2[C@@H]3[C@H](O)C[C@@H]4C[C@H](OC(=O)NCCO)CC[C@]4(C)[C@H]3C[C@H](O)[C@]12C. The Bertz CT molecular complexity index is 3220. The van der Waals surface area contributed by atoms with E-state index in [4.69, 9.17) is 19.7 Å². The second-order valence-corrected chi connectivity index (χ2v) is 34.4. The number of nitrogens with one attached hydrogen (secondary N) is 5. The number of aliphatic hydroxyl groups is 6. The van der Waals surface area contributed by atoms with E-state index < -0.39 is 69.9 Å². The number of nitrogens with zero attached hydrogens (tertiary/aromatic N) is 2. The minimum absolute atomic E-state index is 0.0457. The lowest BCUT2D eigenvalue weighted by atomic mass is 9.43. The first kappa shape index (κ1) is 75.8. The first-order valence-electron chi connectivity index (χ1n) is 37.4. The van der Waals surface area contributed by atoms with E-state index in [-0.39, 0.29) is 150 Å². The molecule has 0 spiro atoms. The average Bonchev–Trinajstić information content (AvgIpc) is 1.37. The number of anilines is 1. The number of carbonyl (C=O) groups is 5. The van der Waals surface area contributed by atoms with E-state index in [1.54, 1.807) is 17.0 Å². The van der Waals surface area contributed by atoms with Gasteiger partial charge >= 0.3 is 12.2 Å². The minimum Gasteiger partial charge on any atom is -0.446 e. The van der Waals surface area contributed by atoms with Crippen molar-refractivity contribution in [3.63, 3.8) is 0 Å². The van der Waals surface area contributed by atoms with Crippen LogP contribution in [0.15, 0.2) is 41.3 Å². The second kappa shape index (κ2) is 31.8. The first-order valence-corrected chi connectivity index (χ1v) is 38.9. The lowest BCUT2D eigenvalue weighted by molar-refractivity contribution is -0.207. The van der Waals surface area contributed by atoms with Crippen LogP contribution in [0.5, 0.6) is 0 Å². The Morgan fingerprint density at radius 2 is 1.04 bits per heavy atom. The van der Waals surface area contributed by atoms with E-state index >= 15 is 0 Å².